The molecular weight excluding hydrogens is 516 g/mol. The zero-order valence-corrected chi connectivity index (χ0v) is 23.1. The van der Waals surface area contributed by atoms with Crippen molar-refractivity contribution in [2.24, 2.45) is 0 Å². The Morgan fingerprint density at radius 3 is 2.68 bits per heavy atom. The maximum absolute atomic E-state index is 12.9. The summed E-state index contributed by atoms with van der Waals surface area (Å²) in [5, 5.41) is 7.66. The molecule has 5 rings (SSSR count). The van der Waals surface area contributed by atoms with Crippen molar-refractivity contribution >= 4 is 40.5 Å². The summed E-state index contributed by atoms with van der Waals surface area (Å²) in [7, 11) is 0. The monoisotopic (exact) mass is 544 g/mol. The van der Waals surface area contributed by atoms with E-state index in [-0.39, 0.29) is 24.4 Å². The van der Waals surface area contributed by atoms with Crippen LogP contribution < -0.4 is 10.6 Å². The standard InChI is InChI=1S/C30H29ClN4O2S/c1-18-7-8-20(3)24(16-18)33-27(36)13-15-35-29(28(34-30(35)38)23-6-4-5-14-32-23)26-12-11-25(37-26)22-17-21(31)10-9-19(22)2/h4-12,14,16-17,28-29H,13,15H2,1-3H3,(H,33,36)(H,34,38). The summed E-state index contributed by atoms with van der Waals surface area (Å²) < 4.78 is 6.42. The van der Waals surface area contributed by atoms with Gasteiger partial charge < -0.3 is 20.0 Å². The van der Waals surface area contributed by atoms with E-state index in [9.17, 15) is 4.79 Å². The quantitative estimate of drug-likeness (QED) is 0.246. The van der Waals surface area contributed by atoms with Gasteiger partial charge in [0.25, 0.3) is 0 Å². The molecule has 1 aliphatic heterocycles. The van der Waals surface area contributed by atoms with Crippen LogP contribution in [-0.4, -0.2) is 27.4 Å². The molecule has 0 saturated carbocycles. The number of aryl methyl sites for hydroxylation is 3. The second-order valence-electron chi connectivity index (χ2n) is 9.60. The largest absolute Gasteiger partial charge is 0.459 e. The van der Waals surface area contributed by atoms with Gasteiger partial charge in [0.15, 0.2) is 5.11 Å². The molecule has 2 atom stereocenters. The van der Waals surface area contributed by atoms with Gasteiger partial charge in [-0.15, -0.1) is 0 Å². The molecule has 1 fully saturated rings. The van der Waals surface area contributed by atoms with Crippen molar-refractivity contribution in [3.63, 3.8) is 0 Å². The smallest absolute Gasteiger partial charge is 0.226 e. The number of nitrogens with zero attached hydrogens (tertiary/aromatic N) is 2. The lowest BCUT2D eigenvalue weighted by Crippen LogP contribution is -2.32. The van der Waals surface area contributed by atoms with Crippen molar-refractivity contribution in [1.82, 2.24) is 15.2 Å². The first kappa shape index (κ1) is 25.9. The van der Waals surface area contributed by atoms with Gasteiger partial charge in [-0.05, 0) is 92.1 Å². The summed E-state index contributed by atoms with van der Waals surface area (Å²) in [6.07, 6.45) is 2.03. The molecule has 1 aliphatic rings. The minimum absolute atomic E-state index is 0.0729. The molecule has 1 amide bonds. The molecule has 0 radical (unpaired) electrons. The van der Waals surface area contributed by atoms with E-state index in [1.54, 1.807) is 6.20 Å². The predicted molar refractivity (Wildman–Crippen MR) is 155 cm³/mol. The Labute approximate surface area is 233 Å². The van der Waals surface area contributed by atoms with E-state index < -0.39 is 0 Å². The summed E-state index contributed by atoms with van der Waals surface area (Å²) in [4.78, 5) is 19.5. The number of pyridine rings is 1. The SMILES string of the molecule is Cc1ccc(C)c(NC(=O)CCN2C(=S)NC(c3ccccn3)C2c2ccc(-c3cc(Cl)ccc3C)o2)c1. The highest BCUT2D eigenvalue weighted by molar-refractivity contribution is 7.80. The van der Waals surface area contributed by atoms with Gasteiger partial charge in [0.05, 0.1) is 11.7 Å². The molecule has 0 bridgehead atoms. The second kappa shape index (κ2) is 11.0. The number of hydrogen-bond acceptors (Lipinski definition) is 4. The number of aromatic nitrogens is 1. The summed E-state index contributed by atoms with van der Waals surface area (Å²) in [6.45, 7) is 6.44. The highest BCUT2D eigenvalue weighted by Gasteiger charge is 2.41. The van der Waals surface area contributed by atoms with E-state index in [1.807, 2.05) is 92.4 Å². The minimum atomic E-state index is -0.279. The molecule has 2 aromatic carbocycles. The number of furan rings is 1. The summed E-state index contributed by atoms with van der Waals surface area (Å²) in [6, 6.07) is 21.0. The molecule has 3 heterocycles. The van der Waals surface area contributed by atoms with Gasteiger partial charge in [-0.3, -0.25) is 9.78 Å². The van der Waals surface area contributed by atoms with Crippen molar-refractivity contribution in [2.45, 2.75) is 39.3 Å². The van der Waals surface area contributed by atoms with Crippen LogP contribution in [0, 0.1) is 20.8 Å². The number of nitrogens with one attached hydrogen (secondary N) is 2. The Morgan fingerprint density at radius 2 is 1.89 bits per heavy atom. The Kier molecular flexibility index (Phi) is 7.49. The number of rotatable bonds is 7. The van der Waals surface area contributed by atoms with E-state index in [0.29, 0.717) is 16.7 Å². The molecule has 194 valence electrons. The first-order chi connectivity index (χ1) is 18.3. The van der Waals surface area contributed by atoms with E-state index in [4.69, 9.17) is 28.2 Å². The highest BCUT2D eigenvalue weighted by atomic mass is 35.5. The van der Waals surface area contributed by atoms with E-state index >= 15 is 0 Å². The molecule has 6 nitrogen and oxygen atoms in total. The molecule has 2 unspecified atom stereocenters. The van der Waals surface area contributed by atoms with E-state index in [2.05, 4.69) is 15.6 Å². The number of hydrogen-bond donors (Lipinski definition) is 2. The zero-order chi connectivity index (χ0) is 26.8. The van der Waals surface area contributed by atoms with Gasteiger partial charge in [-0.2, -0.15) is 0 Å². The fraction of sp³-hybridized carbons (Fsp3) is 0.233. The van der Waals surface area contributed by atoms with E-state index in [0.717, 1.165) is 45.2 Å². The molecule has 1 saturated heterocycles. The first-order valence-electron chi connectivity index (χ1n) is 12.5. The van der Waals surface area contributed by atoms with Gasteiger partial charge in [-0.1, -0.05) is 35.9 Å². The number of carbonyl (C=O) groups is 1. The molecular formula is C30H29ClN4O2S. The lowest BCUT2D eigenvalue weighted by Gasteiger charge is -2.26. The van der Waals surface area contributed by atoms with Crippen molar-refractivity contribution < 1.29 is 9.21 Å². The topological polar surface area (TPSA) is 70.4 Å². The van der Waals surface area contributed by atoms with Crippen LogP contribution in [0.3, 0.4) is 0 Å². The Bertz CT molecular complexity index is 1490. The minimum Gasteiger partial charge on any atom is -0.459 e. The number of halogens is 1. The van der Waals surface area contributed by atoms with Crippen molar-refractivity contribution in [1.29, 1.82) is 0 Å². The molecule has 0 aliphatic carbocycles. The fourth-order valence-corrected chi connectivity index (χ4v) is 5.28. The third-order valence-corrected chi connectivity index (χ3v) is 7.42. The van der Waals surface area contributed by atoms with Crippen LogP contribution in [0.2, 0.25) is 5.02 Å². The average Bonchev–Trinajstić information content (AvgIpc) is 3.51. The van der Waals surface area contributed by atoms with Crippen LogP contribution in [0.1, 0.15) is 46.6 Å². The average molecular weight is 545 g/mol. The van der Waals surface area contributed by atoms with Gasteiger partial charge >= 0.3 is 0 Å². The van der Waals surface area contributed by atoms with Crippen LogP contribution in [0.15, 0.2) is 77.3 Å². The van der Waals surface area contributed by atoms with Crippen molar-refractivity contribution in [3.8, 4) is 11.3 Å². The molecule has 8 heteroatoms. The van der Waals surface area contributed by atoms with Crippen LogP contribution in [0.25, 0.3) is 11.3 Å². The maximum atomic E-state index is 12.9. The lowest BCUT2D eigenvalue weighted by molar-refractivity contribution is -0.116. The fourth-order valence-electron chi connectivity index (χ4n) is 4.78. The van der Waals surface area contributed by atoms with Crippen molar-refractivity contribution in [2.75, 3.05) is 11.9 Å². The number of amides is 1. The number of benzene rings is 2. The Hall–Kier alpha value is -3.68. The predicted octanol–water partition coefficient (Wildman–Crippen LogP) is 6.92. The molecule has 38 heavy (non-hydrogen) atoms. The summed E-state index contributed by atoms with van der Waals surface area (Å²) in [5.41, 5.74) is 5.79. The summed E-state index contributed by atoms with van der Waals surface area (Å²) >= 11 is 12.0. The van der Waals surface area contributed by atoms with Crippen LogP contribution in [-0.2, 0) is 4.79 Å². The molecule has 2 aromatic heterocycles. The number of carbonyl (C=O) groups excluding carboxylic acids is 1. The lowest BCUT2D eigenvalue weighted by atomic mass is 10.0. The third kappa shape index (κ3) is 5.44. The molecule has 4 aromatic rings. The Morgan fingerprint density at radius 1 is 1.08 bits per heavy atom. The zero-order valence-electron chi connectivity index (χ0n) is 21.5. The third-order valence-electron chi connectivity index (χ3n) is 6.83. The second-order valence-corrected chi connectivity index (χ2v) is 10.4. The van der Waals surface area contributed by atoms with Gasteiger partial charge in [0.2, 0.25) is 5.91 Å². The number of anilines is 1. The summed E-state index contributed by atoms with van der Waals surface area (Å²) in [5.74, 6) is 1.39. The van der Waals surface area contributed by atoms with E-state index in [1.165, 1.54) is 0 Å². The van der Waals surface area contributed by atoms with Crippen LogP contribution in [0.4, 0.5) is 5.69 Å². The normalized spacial score (nSPS) is 16.9. The van der Waals surface area contributed by atoms with Gasteiger partial charge in [0, 0.05) is 35.4 Å². The van der Waals surface area contributed by atoms with Crippen LogP contribution in [0.5, 0.6) is 0 Å². The molecule has 0 spiro atoms. The Balaban J connectivity index is 1.42. The van der Waals surface area contributed by atoms with Crippen LogP contribution >= 0.6 is 23.8 Å². The van der Waals surface area contributed by atoms with Gasteiger partial charge in [-0.25, -0.2) is 0 Å². The van der Waals surface area contributed by atoms with Gasteiger partial charge in [0.1, 0.15) is 17.6 Å². The first-order valence-corrected chi connectivity index (χ1v) is 13.3. The molecule has 2 N–H and O–H groups in total. The maximum Gasteiger partial charge on any atom is 0.226 e. The highest BCUT2D eigenvalue weighted by Crippen LogP contribution is 2.41. The van der Waals surface area contributed by atoms with Crippen molar-refractivity contribution in [3.05, 3.63) is 106 Å². The number of thiocarbonyl (C=S) groups is 1.